The molecule has 2 fully saturated rings. The standard InChI is InChI=1S/C8H16N2/c1-6-8-5-9-3-2-7(8)4-10-6/h6-10H,2-5H2,1H3. The molecule has 3 atom stereocenters. The molecule has 2 nitrogen and oxygen atoms in total. The molecule has 2 rings (SSSR count). The predicted molar refractivity (Wildman–Crippen MR) is 41.9 cm³/mol. The van der Waals surface area contributed by atoms with Crippen LogP contribution in [0.15, 0.2) is 0 Å². The van der Waals surface area contributed by atoms with Crippen molar-refractivity contribution in [2.45, 2.75) is 19.4 Å². The van der Waals surface area contributed by atoms with Crippen LogP contribution >= 0.6 is 0 Å². The molecule has 3 unspecified atom stereocenters. The van der Waals surface area contributed by atoms with E-state index >= 15 is 0 Å². The third kappa shape index (κ3) is 0.956. The lowest BCUT2D eigenvalue weighted by Gasteiger charge is -2.27. The number of hydrogen-bond donors (Lipinski definition) is 2. The van der Waals surface area contributed by atoms with E-state index in [0.717, 1.165) is 17.9 Å². The number of hydrogen-bond acceptors (Lipinski definition) is 2. The summed E-state index contributed by atoms with van der Waals surface area (Å²) >= 11 is 0. The Morgan fingerprint density at radius 3 is 3.00 bits per heavy atom. The summed E-state index contributed by atoms with van der Waals surface area (Å²) in [6, 6.07) is 0.748. The van der Waals surface area contributed by atoms with Crippen molar-refractivity contribution in [2.75, 3.05) is 19.6 Å². The fourth-order valence-corrected chi connectivity index (χ4v) is 2.26. The Bertz CT molecular complexity index is 122. The van der Waals surface area contributed by atoms with Crippen molar-refractivity contribution in [3.8, 4) is 0 Å². The van der Waals surface area contributed by atoms with Gasteiger partial charge in [-0.05, 0) is 44.8 Å². The molecule has 58 valence electrons. The molecule has 2 aliphatic rings. The van der Waals surface area contributed by atoms with Crippen LogP contribution in [0, 0.1) is 11.8 Å². The van der Waals surface area contributed by atoms with Gasteiger partial charge in [-0.3, -0.25) is 0 Å². The average molecular weight is 140 g/mol. The zero-order valence-electron chi connectivity index (χ0n) is 6.56. The average Bonchev–Trinajstić information content (AvgIpc) is 2.34. The Kier molecular flexibility index (Phi) is 1.66. The van der Waals surface area contributed by atoms with Crippen molar-refractivity contribution in [3.05, 3.63) is 0 Å². The summed E-state index contributed by atoms with van der Waals surface area (Å²) < 4.78 is 0. The van der Waals surface area contributed by atoms with Gasteiger partial charge in [0.1, 0.15) is 0 Å². The van der Waals surface area contributed by atoms with Crippen LogP contribution in [-0.2, 0) is 0 Å². The minimum atomic E-state index is 0.748. The first-order valence-corrected chi connectivity index (χ1v) is 4.32. The maximum absolute atomic E-state index is 3.52. The van der Waals surface area contributed by atoms with Gasteiger partial charge in [0.05, 0.1) is 0 Å². The lowest BCUT2D eigenvalue weighted by molar-refractivity contribution is 0.290. The van der Waals surface area contributed by atoms with Gasteiger partial charge in [0.15, 0.2) is 0 Å². The summed E-state index contributed by atoms with van der Waals surface area (Å²) in [5, 5.41) is 6.97. The molecular weight excluding hydrogens is 124 g/mol. The number of fused-ring (bicyclic) bond motifs is 1. The van der Waals surface area contributed by atoms with Gasteiger partial charge in [0, 0.05) is 6.04 Å². The van der Waals surface area contributed by atoms with Crippen LogP contribution in [-0.4, -0.2) is 25.7 Å². The zero-order valence-corrected chi connectivity index (χ0v) is 6.56. The predicted octanol–water partition coefficient (Wildman–Crippen LogP) is 0.204. The Labute approximate surface area is 62.4 Å². The molecule has 0 aromatic heterocycles. The quantitative estimate of drug-likeness (QED) is 0.502. The van der Waals surface area contributed by atoms with Crippen molar-refractivity contribution < 1.29 is 0 Å². The fourth-order valence-electron chi connectivity index (χ4n) is 2.26. The summed E-state index contributed by atoms with van der Waals surface area (Å²) in [4.78, 5) is 0. The normalized spacial score (nSPS) is 47.1. The van der Waals surface area contributed by atoms with Crippen LogP contribution in [0.3, 0.4) is 0 Å². The van der Waals surface area contributed by atoms with Crippen LogP contribution in [0.5, 0.6) is 0 Å². The summed E-state index contributed by atoms with van der Waals surface area (Å²) in [7, 11) is 0. The Hall–Kier alpha value is -0.0800. The Morgan fingerprint density at radius 2 is 2.20 bits per heavy atom. The first kappa shape index (κ1) is 6.62. The molecular formula is C8H16N2. The highest BCUT2D eigenvalue weighted by Gasteiger charge is 2.34. The third-order valence-electron chi connectivity index (χ3n) is 3.02. The first-order valence-electron chi connectivity index (χ1n) is 4.32. The van der Waals surface area contributed by atoms with Crippen LogP contribution in [0.2, 0.25) is 0 Å². The van der Waals surface area contributed by atoms with Crippen molar-refractivity contribution in [2.24, 2.45) is 11.8 Å². The highest BCUT2D eigenvalue weighted by Crippen LogP contribution is 2.26. The summed E-state index contributed by atoms with van der Waals surface area (Å²) in [6.07, 6.45) is 1.38. The number of nitrogens with one attached hydrogen (secondary N) is 2. The molecule has 2 aliphatic heterocycles. The molecule has 0 aromatic carbocycles. The maximum atomic E-state index is 3.52. The van der Waals surface area contributed by atoms with Gasteiger partial charge in [-0.1, -0.05) is 0 Å². The second kappa shape index (κ2) is 2.51. The van der Waals surface area contributed by atoms with Crippen molar-refractivity contribution in [1.82, 2.24) is 10.6 Å². The molecule has 2 saturated heterocycles. The Balaban J connectivity index is 2.01. The van der Waals surface area contributed by atoms with E-state index in [-0.39, 0.29) is 0 Å². The minimum Gasteiger partial charge on any atom is -0.316 e. The molecule has 0 saturated carbocycles. The zero-order chi connectivity index (χ0) is 6.97. The third-order valence-corrected chi connectivity index (χ3v) is 3.02. The van der Waals surface area contributed by atoms with E-state index in [9.17, 15) is 0 Å². The van der Waals surface area contributed by atoms with E-state index in [1.807, 2.05) is 0 Å². The summed E-state index contributed by atoms with van der Waals surface area (Å²) in [6.45, 7) is 6.03. The van der Waals surface area contributed by atoms with Crippen LogP contribution in [0.25, 0.3) is 0 Å². The fraction of sp³-hybridized carbons (Fsp3) is 1.00. The second-order valence-corrected chi connectivity index (χ2v) is 3.61. The van der Waals surface area contributed by atoms with Gasteiger partial charge < -0.3 is 10.6 Å². The van der Waals surface area contributed by atoms with Crippen molar-refractivity contribution in [3.63, 3.8) is 0 Å². The molecule has 0 aromatic rings. The lowest BCUT2D eigenvalue weighted by atomic mass is 9.86. The minimum absolute atomic E-state index is 0.748. The highest BCUT2D eigenvalue weighted by molar-refractivity contribution is 4.91. The van der Waals surface area contributed by atoms with Gasteiger partial charge in [-0.15, -0.1) is 0 Å². The maximum Gasteiger partial charge on any atom is 0.00823 e. The molecule has 2 N–H and O–H groups in total. The van der Waals surface area contributed by atoms with Gasteiger partial charge in [-0.2, -0.15) is 0 Å². The van der Waals surface area contributed by atoms with E-state index in [0.29, 0.717) is 0 Å². The van der Waals surface area contributed by atoms with E-state index < -0.39 is 0 Å². The van der Waals surface area contributed by atoms with Gasteiger partial charge >= 0.3 is 0 Å². The number of rotatable bonds is 0. The van der Waals surface area contributed by atoms with Crippen LogP contribution < -0.4 is 10.6 Å². The monoisotopic (exact) mass is 140 g/mol. The van der Waals surface area contributed by atoms with E-state index in [1.165, 1.54) is 26.1 Å². The second-order valence-electron chi connectivity index (χ2n) is 3.61. The molecule has 0 amide bonds. The number of piperidine rings is 1. The molecule has 0 aliphatic carbocycles. The van der Waals surface area contributed by atoms with Gasteiger partial charge in [-0.25, -0.2) is 0 Å². The van der Waals surface area contributed by atoms with Gasteiger partial charge in [0.2, 0.25) is 0 Å². The molecule has 10 heavy (non-hydrogen) atoms. The molecule has 0 spiro atoms. The van der Waals surface area contributed by atoms with Crippen LogP contribution in [0.1, 0.15) is 13.3 Å². The van der Waals surface area contributed by atoms with E-state index in [4.69, 9.17) is 0 Å². The van der Waals surface area contributed by atoms with E-state index in [1.54, 1.807) is 0 Å². The smallest absolute Gasteiger partial charge is 0.00823 e. The Morgan fingerprint density at radius 1 is 1.30 bits per heavy atom. The van der Waals surface area contributed by atoms with E-state index in [2.05, 4.69) is 17.6 Å². The van der Waals surface area contributed by atoms with Crippen molar-refractivity contribution in [1.29, 1.82) is 0 Å². The van der Waals surface area contributed by atoms with Crippen molar-refractivity contribution >= 4 is 0 Å². The van der Waals surface area contributed by atoms with Crippen LogP contribution in [0.4, 0.5) is 0 Å². The lowest BCUT2D eigenvalue weighted by Crippen LogP contribution is -2.38. The molecule has 0 bridgehead atoms. The van der Waals surface area contributed by atoms with Gasteiger partial charge in [0.25, 0.3) is 0 Å². The topological polar surface area (TPSA) is 24.1 Å². The molecule has 2 heterocycles. The molecule has 0 radical (unpaired) electrons. The largest absolute Gasteiger partial charge is 0.316 e. The summed E-state index contributed by atoms with van der Waals surface area (Å²) in [5.41, 5.74) is 0. The first-order chi connectivity index (χ1) is 4.88. The summed E-state index contributed by atoms with van der Waals surface area (Å²) in [5.74, 6) is 1.88. The highest BCUT2D eigenvalue weighted by atomic mass is 15.0. The SMILES string of the molecule is CC1NCC2CCNCC21. The molecule has 2 heteroatoms.